The number of primary amides is 1. The fraction of sp³-hybridized carbons (Fsp3) is 0.368. The number of methoxy groups -OCH3 is 1. The topological polar surface area (TPSA) is 77.6 Å². The summed E-state index contributed by atoms with van der Waals surface area (Å²) in [7, 11) is 3.10. The second-order valence-electron chi connectivity index (χ2n) is 7.07. The Bertz CT molecular complexity index is 799. The molecule has 0 aliphatic rings. The largest absolute Gasteiger partial charge is 0.464 e. The van der Waals surface area contributed by atoms with E-state index >= 15 is 0 Å². The molecule has 25 heavy (non-hydrogen) atoms. The predicted octanol–water partition coefficient (Wildman–Crippen LogP) is 3.63. The number of carbonyl (C=O) groups is 2. The number of aryl methyl sites for hydroxylation is 1. The van der Waals surface area contributed by atoms with Crippen molar-refractivity contribution in [1.82, 2.24) is 4.57 Å². The van der Waals surface area contributed by atoms with Gasteiger partial charge < -0.3 is 15.0 Å². The highest BCUT2D eigenvalue weighted by Gasteiger charge is 2.31. The fourth-order valence-corrected chi connectivity index (χ4v) is 2.89. The van der Waals surface area contributed by atoms with E-state index < -0.39 is 12.0 Å². The Labute approximate surface area is 148 Å². The van der Waals surface area contributed by atoms with Gasteiger partial charge in [0.2, 0.25) is 0 Å². The number of hydrogen-bond acceptors (Lipinski definition) is 3. The predicted molar refractivity (Wildman–Crippen MR) is 98.4 cm³/mol. The third-order valence-electron chi connectivity index (χ3n) is 4.11. The summed E-state index contributed by atoms with van der Waals surface area (Å²) in [6, 6.07) is 8.51. The van der Waals surface area contributed by atoms with E-state index in [9.17, 15) is 9.59 Å². The van der Waals surface area contributed by atoms with Crippen LogP contribution in [0.15, 0.2) is 30.3 Å². The first-order valence-electron chi connectivity index (χ1n) is 8.02. The first-order chi connectivity index (χ1) is 11.6. The molecule has 6 heteroatoms. The number of amides is 2. The lowest BCUT2D eigenvalue weighted by atomic mass is 9.92. The van der Waals surface area contributed by atoms with Crippen LogP contribution in [0.2, 0.25) is 0 Å². The quantitative estimate of drug-likeness (QED) is 0.864. The number of carbonyl (C=O) groups excluding carboxylic acids is 2. The zero-order valence-corrected chi connectivity index (χ0v) is 15.6. The molecule has 0 bridgehead atoms. The average molecular weight is 343 g/mol. The van der Waals surface area contributed by atoms with Crippen LogP contribution in [0.5, 0.6) is 0 Å². The van der Waals surface area contributed by atoms with Gasteiger partial charge in [-0.1, -0.05) is 38.5 Å². The molecule has 2 N–H and O–H groups in total. The van der Waals surface area contributed by atoms with Gasteiger partial charge in [-0.3, -0.25) is 4.90 Å². The van der Waals surface area contributed by atoms with E-state index in [1.165, 1.54) is 12.0 Å². The molecule has 0 saturated heterocycles. The summed E-state index contributed by atoms with van der Waals surface area (Å²) in [6.45, 7) is 8.06. The van der Waals surface area contributed by atoms with Crippen molar-refractivity contribution >= 4 is 23.4 Å². The third kappa shape index (κ3) is 3.52. The molecule has 0 spiro atoms. The van der Waals surface area contributed by atoms with Gasteiger partial charge in [0.15, 0.2) is 5.69 Å². The van der Waals surface area contributed by atoms with Crippen molar-refractivity contribution in [2.45, 2.75) is 33.1 Å². The lowest BCUT2D eigenvalue weighted by molar-refractivity contribution is 0.0590. The number of anilines is 2. The van der Waals surface area contributed by atoms with Gasteiger partial charge >= 0.3 is 12.0 Å². The maximum atomic E-state index is 12.4. The Hall–Kier alpha value is -2.76. The van der Waals surface area contributed by atoms with Crippen LogP contribution in [0.3, 0.4) is 0 Å². The highest BCUT2D eigenvalue weighted by molar-refractivity contribution is 6.05. The van der Waals surface area contributed by atoms with Crippen LogP contribution in [-0.4, -0.2) is 23.7 Å². The SMILES string of the molecule is COC(=O)c1c(N(C(N)=O)c2ccc(C)cc2)cc(C(C)(C)C)n1C. The third-order valence-corrected chi connectivity index (χ3v) is 4.11. The number of benzene rings is 1. The van der Waals surface area contributed by atoms with E-state index in [-0.39, 0.29) is 11.1 Å². The second kappa shape index (κ2) is 6.63. The molecular weight excluding hydrogens is 318 g/mol. The van der Waals surface area contributed by atoms with Crippen LogP contribution in [0.4, 0.5) is 16.2 Å². The summed E-state index contributed by atoms with van der Waals surface area (Å²) in [5.74, 6) is -0.522. The molecular formula is C19H25N3O3. The van der Waals surface area contributed by atoms with Crippen LogP contribution in [0.1, 0.15) is 42.5 Å². The number of esters is 1. The van der Waals surface area contributed by atoms with Crippen molar-refractivity contribution in [3.63, 3.8) is 0 Å². The lowest BCUT2D eigenvalue weighted by Crippen LogP contribution is -2.32. The molecule has 6 nitrogen and oxygen atoms in total. The fourth-order valence-electron chi connectivity index (χ4n) is 2.89. The van der Waals surface area contributed by atoms with E-state index in [2.05, 4.69) is 0 Å². The Balaban J connectivity index is 2.74. The average Bonchev–Trinajstić information content (AvgIpc) is 2.85. The van der Waals surface area contributed by atoms with Gasteiger partial charge in [0.1, 0.15) is 0 Å². The monoisotopic (exact) mass is 343 g/mol. The maximum absolute atomic E-state index is 12.4. The van der Waals surface area contributed by atoms with Gasteiger partial charge in [0, 0.05) is 18.2 Å². The van der Waals surface area contributed by atoms with E-state index in [0.717, 1.165) is 11.3 Å². The van der Waals surface area contributed by atoms with Crippen molar-refractivity contribution < 1.29 is 14.3 Å². The Morgan fingerprint density at radius 3 is 2.16 bits per heavy atom. The van der Waals surface area contributed by atoms with Crippen molar-refractivity contribution in [1.29, 1.82) is 0 Å². The zero-order valence-electron chi connectivity index (χ0n) is 15.6. The number of nitrogens with two attached hydrogens (primary N) is 1. The van der Waals surface area contributed by atoms with Gasteiger partial charge in [-0.2, -0.15) is 0 Å². The molecule has 1 aromatic heterocycles. The van der Waals surface area contributed by atoms with E-state index in [1.807, 2.05) is 45.9 Å². The molecule has 1 heterocycles. The highest BCUT2D eigenvalue weighted by atomic mass is 16.5. The summed E-state index contributed by atoms with van der Waals surface area (Å²) >= 11 is 0. The number of urea groups is 1. The van der Waals surface area contributed by atoms with Crippen molar-refractivity contribution in [2.24, 2.45) is 12.8 Å². The number of aromatic nitrogens is 1. The van der Waals surface area contributed by atoms with Crippen LogP contribution >= 0.6 is 0 Å². The number of ether oxygens (including phenoxy) is 1. The maximum Gasteiger partial charge on any atom is 0.356 e. The Morgan fingerprint density at radius 1 is 1.16 bits per heavy atom. The first-order valence-corrected chi connectivity index (χ1v) is 8.02. The summed E-state index contributed by atoms with van der Waals surface area (Å²) in [5, 5.41) is 0. The molecule has 0 aliphatic heterocycles. The highest BCUT2D eigenvalue weighted by Crippen LogP contribution is 2.36. The molecule has 0 unspecified atom stereocenters. The van der Waals surface area contributed by atoms with E-state index in [0.29, 0.717) is 11.4 Å². The standard InChI is InChI=1S/C19H25N3O3/c1-12-7-9-13(10-8-12)22(18(20)24)14-11-15(19(2,3)4)21(5)16(14)17(23)25-6/h7-11H,1-6H3,(H2,20,24). The van der Waals surface area contributed by atoms with Crippen molar-refractivity contribution in [3.05, 3.63) is 47.3 Å². The summed E-state index contributed by atoms with van der Waals surface area (Å²) < 4.78 is 6.69. The van der Waals surface area contributed by atoms with Crippen molar-refractivity contribution in [2.75, 3.05) is 12.0 Å². The minimum Gasteiger partial charge on any atom is -0.464 e. The smallest absolute Gasteiger partial charge is 0.356 e. The molecule has 0 radical (unpaired) electrons. The van der Waals surface area contributed by atoms with Gasteiger partial charge in [0.25, 0.3) is 0 Å². The molecule has 2 aromatic rings. The molecule has 2 amide bonds. The van der Waals surface area contributed by atoms with Crippen LogP contribution in [-0.2, 0) is 17.2 Å². The second-order valence-corrected chi connectivity index (χ2v) is 7.07. The van der Waals surface area contributed by atoms with Gasteiger partial charge in [-0.05, 0) is 25.1 Å². The van der Waals surface area contributed by atoms with Gasteiger partial charge in [-0.15, -0.1) is 0 Å². The molecule has 134 valence electrons. The minimum absolute atomic E-state index is 0.230. The van der Waals surface area contributed by atoms with Gasteiger partial charge in [0.05, 0.1) is 18.5 Å². The summed E-state index contributed by atoms with van der Waals surface area (Å²) in [6.07, 6.45) is 0. The van der Waals surface area contributed by atoms with Gasteiger partial charge in [-0.25, -0.2) is 9.59 Å². The lowest BCUT2D eigenvalue weighted by Gasteiger charge is -2.21. The van der Waals surface area contributed by atoms with E-state index in [1.54, 1.807) is 23.7 Å². The Morgan fingerprint density at radius 2 is 1.72 bits per heavy atom. The van der Waals surface area contributed by atoms with Crippen LogP contribution in [0, 0.1) is 6.92 Å². The van der Waals surface area contributed by atoms with Crippen molar-refractivity contribution in [3.8, 4) is 0 Å². The number of rotatable bonds is 3. The summed E-state index contributed by atoms with van der Waals surface area (Å²) in [5.41, 5.74) is 8.65. The normalized spacial score (nSPS) is 11.3. The van der Waals surface area contributed by atoms with E-state index in [4.69, 9.17) is 10.5 Å². The molecule has 2 rings (SSSR count). The Kier molecular flexibility index (Phi) is 4.92. The van der Waals surface area contributed by atoms with Crippen LogP contribution < -0.4 is 10.6 Å². The van der Waals surface area contributed by atoms with Crippen LogP contribution in [0.25, 0.3) is 0 Å². The molecule has 1 aromatic carbocycles. The molecule has 0 fully saturated rings. The zero-order chi connectivity index (χ0) is 18.9. The number of nitrogens with zero attached hydrogens (tertiary/aromatic N) is 2. The molecule has 0 atom stereocenters. The summed E-state index contributed by atoms with van der Waals surface area (Å²) in [4.78, 5) is 25.9. The molecule has 0 aliphatic carbocycles. The minimum atomic E-state index is -0.667. The number of hydrogen-bond donors (Lipinski definition) is 1. The first kappa shape index (κ1) is 18.6. The molecule has 0 saturated carbocycles.